The molecule has 0 spiro atoms. The standard InChI is InChI=1S/C24H37N5O3Si/c1-24(2)11-6-7-12-32-21-10-8-9-20(25-21)26-22-18-15-28(23(24)30)16-19(18)29(27-22)17-31-13-14-33(3,4)5/h8-10H,6-7,11-17H2,1-5H3,(H,25,26,27). The van der Waals surface area contributed by atoms with Crippen molar-refractivity contribution in [3.8, 4) is 5.88 Å². The number of hydrogen-bond acceptors (Lipinski definition) is 6. The Morgan fingerprint density at radius 3 is 2.82 bits per heavy atom. The molecule has 8 nitrogen and oxygen atoms in total. The minimum absolute atomic E-state index is 0.185. The van der Waals surface area contributed by atoms with Crippen LogP contribution in [0.4, 0.5) is 11.6 Å². The lowest BCUT2D eigenvalue weighted by atomic mass is 9.85. The van der Waals surface area contributed by atoms with Gasteiger partial charge in [0.2, 0.25) is 11.8 Å². The van der Waals surface area contributed by atoms with Crippen LogP contribution >= 0.6 is 0 Å². The van der Waals surface area contributed by atoms with Crippen molar-refractivity contribution < 1.29 is 14.3 Å². The topological polar surface area (TPSA) is 81.5 Å². The minimum Gasteiger partial charge on any atom is -0.478 e. The summed E-state index contributed by atoms with van der Waals surface area (Å²) in [5.74, 6) is 2.19. The third-order valence-corrected chi connectivity index (χ3v) is 8.05. The fourth-order valence-corrected chi connectivity index (χ4v) is 5.01. The molecule has 9 heteroatoms. The first kappa shape index (κ1) is 23.8. The van der Waals surface area contributed by atoms with E-state index in [1.165, 1.54) is 0 Å². The Labute approximate surface area is 197 Å². The van der Waals surface area contributed by atoms with Gasteiger partial charge in [-0.25, -0.2) is 4.68 Å². The van der Waals surface area contributed by atoms with Crippen LogP contribution in [0.5, 0.6) is 5.88 Å². The Balaban J connectivity index is 1.61. The maximum Gasteiger partial charge on any atom is 0.228 e. The molecule has 0 saturated carbocycles. The van der Waals surface area contributed by atoms with Crippen molar-refractivity contribution >= 4 is 25.6 Å². The van der Waals surface area contributed by atoms with Crippen molar-refractivity contribution in [1.82, 2.24) is 19.7 Å². The molecule has 0 saturated heterocycles. The molecule has 33 heavy (non-hydrogen) atoms. The molecule has 0 unspecified atom stereocenters. The average Bonchev–Trinajstić information content (AvgIpc) is 3.30. The fraction of sp³-hybridized carbons (Fsp3) is 0.625. The van der Waals surface area contributed by atoms with Crippen LogP contribution in [0.3, 0.4) is 0 Å². The predicted octanol–water partition coefficient (Wildman–Crippen LogP) is 4.77. The van der Waals surface area contributed by atoms with Gasteiger partial charge < -0.3 is 19.7 Å². The molecule has 2 aliphatic rings. The molecule has 0 radical (unpaired) electrons. The van der Waals surface area contributed by atoms with Crippen LogP contribution in [-0.4, -0.2) is 46.9 Å². The Morgan fingerprint density at radius 2 is 2.03 bits per heavy atom. The molecule has 4 bridgehead atoms. The number of amides is 1. The number of carbonyl (C=O) groups excluding carboxylic acids is 1. The number of aromatic nitrogens is 3. The van der Waals surface area contributed by atoms with Crippen molar-refractivity contribution in [3.05, 3.63) is 29.5 Å². The summed E-state index contributed by atoms with van der Waals surface area (Å²) >= 11 is 0. The number of rotatable bonds is 5. The van der Waals surface area contributed by atoms with Crippen LogP contribution in [0.25, 0.3) is 0 Å². The smallest absolute Gasteiger partial charge is 0.228 e. The molecule has 4 rings (SSSR count). The van der Waals surface area contributed by atoms with Crippen LogP contribution in [0.2, 0.25) is 25.7 Å². The number of nitrogens with zero attached hydrogens (tertiary/aromatic N) is 4. The molecule has 0 fully saturated rings. The lowest BCUT2D eigenvalue weighted by molar-refractivity contribution is -0.141. The van der Waals surface area contributed by atoms with Crippen molar-refractivity contribution in [2.24, 2.45) is 5.41 Å². The van der Waals surface area contributed by atoms with Gasteiger partial charge in [0, 0.05) is 31.7 Å². The van der Waals surface area contributed by atoms with Gasteiger partial charge >= 0.3 is 0 Å². The van der Waals surface area contributed by atoms with Gasteiger partial charge in [0.1, 0.15) is 12.5 Å². The first-order valence-electron chi connectivity index (χ1n) is 11.9. The molecular formula is C24H37N5O3Si. The summed E-state index contributed by atoms with van der Waals surface area (Å²) in [4.78, 5) is 20.0. The summed E-state index contributed by atoms with van der Waals surface area (Å²) < 4.78 is 13.7. The number of fused-ring (bicyclic) bond motifs is 3. The Kier molecular flexibility index (Phi) is 6.81. The molecule has 1 N–H and O–H groups in total. The molecular weight excluding hydrogens is 434 g/mol. The van der Waals surface area contributed by atoms with E-state index in [0.717, 1.165) is 49.0 Å². The highest BCUT2D eigenvalue weighted by atomic mass is 28.3. The zero-order chi connectivity index (χ0) is 23.6. The summed E-state index contributed by atoms with van der Waals surface area (Å²) in [6.45, 7) is 13.9. The highest BCUT2D eigenvalue weighted by molar-refractivity contribution is 6.76. The van der Waals surface area contributed by atoms with Crippen LogP contribution in [0.15, 0.2) is 18.2 Å². The van der Waals surface area contributed by atoms with E-state index in [-0.39, 0.29) is 5.91 Å². The van der Waals surface area contributed by atoms with E-state index in [1.54, 1.807) is 0 Å². The van der Waals surface area contributed by atoms with Gasteiger partial charge in [-0.3, -0.25) is 4.79 Å². The second-order valence-electron chi connectivity index (χ2n) is 11.0. The van der Waals surface area contributed by atoms with E-state index in [0.29, 0.717) is 38.1 Å². The van der Waals surface area contributed by atoms with Crippen molar-refractivity contribution in [1.29, 1.82) is 0 Å². The van der Waals surface area contributed by atoms with Gasteiger partial charge in [0.05, 0.1) is 25.4 Å². The number of nitrogens with one attached hydrogen (secondary N) is 1. The number of carbonyl (C=O) groups is 1. The predicted molar refractivity (Wildman–Crippen MR) is 131 cm³/mol. The molecule has 0 atom stereocenters. The summed E-state index contributed by atoms with van der Waals surface area (Å²) in [5, 5.41) is 8.16. The van der Waals surface area contributed by atoms with Gasteiger partial charge in [0.15, 0.2) is 5.82 Å². The number of anilines is 2. The maximum absolute atomic E-state index is 13.4. The minimum atomic E-state index is -1.16. The SMILES string of the molecule is CC1(C)CCCCOc2cccc(n2)Nc2nn(COCC[Si](C)(C)C)c3c2CN(C3)C1=O. The van der Waals surface area contributed by atoms with Crippen LogP contribution in [0.1, 0.15) is 44.4 Å². The second kappa shape index (κ2) is 9.46. The number of ether oxygens (including phenoxy) is 2. The molecule has 2 aromatic heterocycles. The Hall–Kier alpha value is -2.39. The molecule has 4 heterocycles. The van der Waals surface area contributed by atoms with Gasteiger partial charge in [-0.15, -0.1) is 0 Å². The Bertz CT molecular complexity index is 998. The molecule has 180 valence electrons. The molecule has 2 aromatic rings. The third-order valence-electron chi connectivity index (χ3n) is 6.35. The van der Waals surface area contributed by atoms with Crippen LogP contribution < -0.4 is 10.1 Å². The first-order valence-corrected chi connectivity index (χ1v) is 15.7. The van der Waals surface area contributed by atoms with Crippen molar-refractivity contribution in [3.63, 3.8) is 0 Å². The third kappa shape index (κ3) is 5.76. The number of pyridine rings is 1. The quantitative estimate of drug-likeness (QED) is 0.500. The fourth-order valence-electron chi connectivity index (χ4n) is 4.25. The molecule has 0 aliphatic carbocycles. The van der Waals surface area contributed by atoms with E-state index in [4.69, 9.17) is 14.6 Å². The zero-order valence-corrected chi connectivity index (χ0v) is 21.6. The lowest BCUT2D eigenvalue weighted by Crippen LogP contribution is -2.38. The summed E-state index contributed by atoms with van der Waals surface area (Å²) in [5.41, 5.74) is 1.66. The van der Waals surface area contributed by atoms with E-state index >= 15 is 0 Å². The van der Waals surface area contributed by atoms with Crippen molar-refractivity contribution in [2.45, 2.75) is 78.6 Å². The highest BCUT2D eigenvalue weighted by Crippen LogP contribution is 2.35. The largest absolute Gasteiger partial charge is 0.478 e. The maximum atomic E-state index is 13.4. The molecule has 2 aliphatic heterocycles. The van der Waals surface area contributed by atoms with Crippen molar-refractivity contribution in [2.75, 3.05) is 18.5 Å². The molecule has 0 aromatic carbocycles. The number of hydrogen-bond donors (Lipinski definition) is 1. The monoisotopic (exact) mass is 471 g/mol. The van der Waals surface area contributed by atoms with E-state index in [9.17, 15) is 4.79 Å². The highest BCUT2D eigenvalue weighted by Gasteiger charge is 2.37. The van der Waals surface area contributed by atoms with E-state index in [1.807, 2.05) is 41.6 Å². The Morgan fingerprint density at radius 1 is 1.21 bits per heavy atom. The van der Waals surface area contributed by atoms with E-state index < -0.39 is 13.5 Å². The zero-order valence-electron chi connectivity index (χ0n) is 20.6. The van der Waals surface area contributed by atoms with Gasteiger partial charge in [-0.1, -0.05) is 39.6 Å². The molecule has 1 amide bonds. The van der Waals surface area contributed by atoms with Crippen LogP contribution in [-0.2, 0) is 29.4 Å². The second-order valence-corrected chi connectivity index (χ2v) is 16.6. The first-order chi connectivity index (χ1) is 15.6. The van der Waals surface area contributed by atoms with E-state index in [2.05, 4.69) is 29.9 Å². The van der Waals surface area contributed by atoms with Gasteiger partial charge in [0.25, 0.3) is 0 Å². The normalized spacial score (nSPS) is 18.3. The van der Waals surface area contributed by atoms with Crippen LogP contribution in [0, 0.1) is 5.41 Å². The summed E-state index contributed by atoms with van der Waals surface area (Å²) in [7, 11) is -1.16. The summed E-state index contributed by atoms with van der Waals surface area (Å²) in [6.07, 6.45) is 2.65. The van der Waals surface area contributed by atoms with Gasteiger partial charge in [-0.2, -0.15) is 10.1 Å². The lowest BCUT2D eigenvalue weighted by Gasteiger charge is -2.29. The summed E-state index contributed by atoms with van der Waals surface area (Å²) in [6, 6.07) is 6.81. The average molecular weight is 472 g/mol. The van der Waals surface area contributed by atoms with Gasteiger partial charge in [-0.05, 0) is 31.4 Å².